The van der Waals surface area contributed by atoms with Gasteiger partial charge in [0.05, 0.1) is 12.5 Å². The van der Waals surface area contributed by atoms with Crippen molar-refractivity contribution in [2.75, 3.05) is 19.8 Å². The average Bonchev–Trinajstić information content (AvgIpc) is 3.06. The molecule has 0 aliphatic carbocycles. The number of hydrogen-bond donors (Lipinski definition) is 1. The van der Waals surface area contributed by atoms with Crippen LogP contribution in [-0.4, -0.2) is 53.8 Å². The van der Waals surface area contributed by atoms with Gasteiger partial charge in [-0.1, -0.05) is 6.07 Å². The van der Waals surface area contributed by atoms with Gasteiger partial charge in [0.2, 0.25) is 0 Å². The highest BCUT2D eigenvalue weighted by Gasteiger charge is 2.20. The van der Waals surface area contributed by atoms with Crippen LogP contribution in [0.5, 0.6) is 5.75 Å². The second-order valence-corrected chi connectivity index (χ2v) is 6.21. The zero-order valence-electron chi connectivity index (χ0n) is 14.2. The molecule has 0 saturated carbocycles. The Kier molecular flexibility index (Phi) is 6.61. The van der Waals surface area contributed by atoms with E-state index in [-0.39, 0.29) is 31.0 Å². The molecule has 6 nitrogen and oxygen atoms in total. The molecule has 1 amide bonds. The molecule has 6 heteroatoms. The third-order valence-corrected chi connectivity index (χ3v) is 3.99. The zero-order valence-corrected chi connectivity index (χ0v) is 14.2. The van der Waals surface area contributed by atoms with E-state index in [1.54, 1.807) is 23.1 Å². The van der Waals surface area contributed by atoms with Crippen molar-refractivity contribution < 1.29 is 24.2 Å². The van der Waals surface area contributed by atoms with E-state index in [9.17, 15) is 9.59 Å². The van der Waals surface area contributed by atoms with Gasteiger partial charge in [-0.3, -0.25) is 9.59 Å². The number of carbonyl (C=O) groups is 2. The number of benzene rings is 1. The van der Waals surface area contributed by atoms with Crippen molar-refractivity contribution in [1.82, 2.24) is 4.90 Å². The fraction of sp³-hybridized carbons (Fsp3) is 0.556. The van der Waals surface area contributed by atoms with Gasteiger partial charge < -0.3 is 19.5 Å². The van der Waals surface area contributed by atoms with Gasteiger partial charge in [0, 0.05) is 24.8 Å². The second-order valence-electron chi connectivity index (χ2n) is 6.21. The normalized spacial score (nSPS) is 17.0. The van der Waals surface area contributed by atoms with Gasteiger partial charge in [-0.15, -0.1) is 0 Å². The van der Waals surface area contributed by atoms with Crippen LogP contribution >= 0.6 is 0 Å². The predicted molar refractivity (Wildman–Crippen MR) is 89.3 cm³/mol. The predicted octanol–water partition coefficient (Wildman–Crippen LogP) is 2.57. The highest BCUT2D eigenvalue weighted by Crippen LogP contribution is 2.19. The molecule has 1 unspecified atom stereocenters. The summed E-state index contributed by atoms with van der Waals surface area (Å²) in [6, 6.07) is 6.93. The van der Waals surface area contributed by atoms with Gasteiger partial charge in [-0.05, 0) is 44.9 Å². The maximum absolute atomic E-state index is 12.7. The van der Waals surface area contributed by atoms with Crippen LogP contribution in [0, 0.1) is 0 Å². The summed E-state index contributed by atoms with van der Waals surface area (Å²) in [4.78, 5) is 25.0. The van der Waals surface area contributed by atoms with Crippen molar-refractivity contribution in [3.63, 3.8) is 0 Å². The number of rotatable bonds is 8. The first kappa shape index (κ1) is 18.3. The third kappa shape index (κ3) is 5.23. The van der Waals surface area contributed by atoms with Crippen LogP contribution in [0.3, 0.4) is 0 Å². The van der Waals surface area contributed by atoms with Crippen molar-refractivity contribution in [2.24, 2.45) is 0 Å². The topological polar surface area (TPSA) is 76.1 Å². The number of amides is 1. The Hall–Kier alpha value is -2.08. The monoisotopic (exact) mass is 335 g/mol. The first-order valence-corrected chi connectivity index (χ1v) is 8.34. The maximum atomic E-state index is 12.7. The van der Waals surface area contributed by atoms with Crippen LogP contribution in [0.1, 0.15) is 43.5 Å². The lowest BCUT2D eigenvalue weighted by molar-refractivity contribution is -0.137. The first-order chi connectivity index (χ1) is 11.5. The highest BCUT2D eigenvalue weighted by atomic mass is 16.5. The van der Waals surface area contributed by atoms with Gasteiger partial charge in [0.15, 0.2) is 0 Å². The van der Waals surface area contributed by atoms with E-state index in [0.717, 1.165) is 19.4 Å². The van der Waals surface area contributed by atoms with Gasteiger partial charge in [0.1, 0.15) is 12.4 Å². The van der Waals surface area contributed by atoms with E-state index in [2.05, 4.69) is 0 Å². The smallest absolute Gasteiger partial charge is 0.305 e. The average molecular weight is 335 g/mol. The maximum Gasteiger partial charge on any atom is 0.305 e. The summed E-state index contributed by atoms with van der Waals surface area (Å²) < 4.78 is 11.2. The molecule has 1 aromatic carbocycles. The Labute approximate surface area is 142 Å². The minimum atomic E-state index is -0.915. The molecule has 0 bridgehead atoms. The van der Waals surface area contributed by atoms with E-state index < -0.39 is 5.97 Å². The molecule has 1 aliphatic rings. The number of carbonyl (C=O) groups excluding carboxylic acids is 1. The van der Waals surface area contributed by atoms with Crippen molar-refractivity contribution in [3.05, 3.63) is 29.8 Å². The molecule has 24 heavy (non-hydrogen) atoms. The molecule has 0 radical (unpaired) electrons. The summed E-state index contributed by atoms with van der Waals surface area (Å²) in [5.74, 6) is -0.478. The number of carboxylic acids is 1. The Morgan fingerprint density at radius 2 is 2.21 bits per heavy atom. The molecule has 1 saturated heterocycles. The lowest BCUT2D eigenvalue weighted by Crippen LogP contribution is -2.38. The Morgan fingerprint density at radius 1 is 1.42 bits per heavy atom. The Morgan fingerprint density at radius 3 is 2.83 bits per heavy atom. The van der Waals surface area contributed by atoms with Gasteiger partial charge in [-0.25, -0.2) is 0 Å². The molecule has 1 aromatic rings. The van der Waals surface area contributed by atoms with Crippen LogP contribution in [0.15, 0.2) is 24.3 Å². The molecule has 1 heterocycles. The summed E-state index contributed by atoms with van der Waals surface area (Å²) in [5.41, 5.74) is 0.499. The van der Waals surface area contributed by atoms with E-state index in [1.165, 1.54) is 0 Å². The van der Waals surface area contributed by atoms with Crippen LogP contribution in [0.25, 0.3) is 0 Å². The SMILES string of the molecule is CC(C)N(CCC(=O)O)C(=O)c1cccc(OCC2CCCO2)c1. The molecule has 1 aliphatic heterocycles. The summed E-state index contributed by atoms with van der Waals surface area (Å²) in [6.45, 7) is 5.19. The standard InChI is InChI=1S/C18H25NO5/c1-13(2)19(9-8-17(20)21)18(22)14-5-3-6-15(11-14)24-12-16-7-4-10-23-16/h3,5-6,11,13,16H,4,7-10,12H2,1-2H3,(H,20,21). The molecule has 1 N–H and O–H groups in total. The lowest BCUT2D eigenvalue weighted by atomic mass is 10.1. The lowest BCUT2D eigenvalue weighted by Gasteiger charge is -2.26. The van der Waals surface area contributed by atoms with E-state index in [4.69, 9.17) is 14.6 Å². The molecule has 1 atom stereocenters. The number of ether oxygens (including phenoxy) is 2. The molecule has 132 valence electrons. The largest absolute Gasteiger partial charge is 0.491 e. The summed E-state index contributed by atoms with van der Waals surface area (Å²) in [7, 11) is 0. The van der Waals surface area contributed by atoms with Crippen molar-refractivity contribution >= 4 is 11.9 Å². The van der Waals surface area contributed by atoms with Gasteiger partial charge in [-0.2, -0.15) is 0 Å². The minimum Gasteiger partial charge on any atom is -0.491 e. The summed E-state index contributed by atoms with van der Waals surface area (Å²) in [5, 5.41) is 8.84. The third-order valence-electron chi connectivity index (χ3n) is 3.99. The van der Waals surface area contributed by atoms with Crippen LogP contribution < -0.4 is 4.74 Å². The quantitative estimate of drug-likeness (QED) is 0.790. The van der Waals surface area contributed by atoms with E-state index in [1.807, 2.05) is 19.9 Å². The second kappa shape index (κ2) is 8.68. The van der Waals surface area contributed by atoms with Gasteiger partial charge in [0.25, 0.3) is 5.91 Å². The summed E-state index contributed by atoms with van der Waals surface area (Å²) >= 11 is 0. The Balaban J connectivity index is 2.01. The van der Waals surface area contributed by atoms with Gasteiger partial charge >= 0.3 is 5.97 Å². The highest BCUT2D eigenvalue weighted by molar-refractivity contribution is 5.95. The number of carboxylic acid groups (broad SMARTS) is 1. The minimum absolute atomic E-state index is 0.0703. The van der Waals surface area contributed by atoms with E-state index >= 15 is 0 Å². The zero-order chi connectivity index (χ0) is 17.5. The number of nitrogens with zero attached hydrogens (tertiary/aromatic N) is 1. The first-order valence-electron chi connectivity index (χ1n) is 8.34. The molecule has 2 rings (SSSR count). The number of aliphatic carboxylic acids is 1. The van der Waals surface area contributed by atoms with Crippen molar-refractivity contribution in [3.8, 4) is 5.75 Å². The molecule has 0 spiro atoms. The molecule has 1 fully saturated rings. The summed E-state index contributed by atoms with van der Waals surface area (Å²) in [6.07, 6.45) is 2.10. The molecule has 0 aromatic heterocycles. The van der Waals surface area contributed by atoms with Crippen molar-refractivity contribution in [2.45, 2.75) is 45.3 Å². The fourth-order valence-corrected chi connectivity index (χ4v) is 2.66. The van der Waals surface area contributed by atoms with Crippen LogP contribution in [-0.2, 0) is 9.53 Å². The van der Waals surface area contributed by atoms with Crippen LogP contribution in [0.4, 0.5) is 0 Å². The Bertz CT molecular complexity index is 566. The number of hydrogen-bond acceptors (Lipinski definition) is 4. The fourth-order valence-electron chi connectivity index (χ4n) is 2.66. The molecular formula is C18H25NO5. The van der Waals surface area contributed by atoms with Crippen LogP contribution in [0.2, 0.25) is 0 Å². The van der Waals surface area contributed by atoms with E-state index in [0.29, 0.717) is 17.9 Å². The van der Waals surface area contributed by atoms with Crippen molar-refractivity contribution in [1.29, 1.82) is 0 Å². The molecular weight excluding hydrogens is 310 g/mol.